The minimum absolute atomic E-state index is 0.106. The van der Waals surface area contributed by atoms with Gasteiger partial charge >= 0.3 is 5.97 Å². The summed E-state index contributed by atoms with van der Waals surface area (Å²) in [6.07, 6.45) is -5.65. The summed E-state index contributed by atoms with van der Waals surface area (Å²) < 4.78 is 25.9. The van der Waals surface area contributed by atoms with Gasteiger partial charge in [-0.3, -0.25) is 4.57 Å². The van der Waals surface area contributed by atoms with Gasteiger partial charge in [-0.15, -0.1) is 0 Å². The third-order valence-electron chi connectivity index (χ3n) is 3.58. The Hall–Kier alpha value is -1.53. The van der Waals surface area contributed by atoms with Crippen LogP contribution in [0, 0.1) is 6.92 Å². The first-order chi connectivity index (χ1) is 11.6. The molecule has 0 unspecified atom stereocenters. The molecule has 1 aliphatic rings. The lowest BCUT2D eigenvalue weighted by Crippen LogP contribution is -2.34. The molecule has 25 heavy (non-hydrogen) atoms. The van der Waals surface area contributed by atoms with Crippen LogP contribution in [0.2, 0.25) is 0 Å². The molecule has 0 bridgehead atoms. The van der Waals surface area contributed by atoms with E-state index in [0.717, 1.165) is 4.57 Å². The zero-order valence-corrected chi connectivity index (χ0v) is 14.3. The van der Waals surface area contributed by atoms with Crippen molar-refractivity contribution in [3.05, 3.63) is 11.5 Å². The molecule has 12 nitrogen and oxygen atoms in total. The maximum atomic E-state index is 11.8. The minimum Gasteiger partial charge on any atom is -0.790 e. The topological polar surface area (TPSA) is 192 Å². The smallest absolute Gasteiger partial charge is 0.360 e. The van der Waals surface area contributed by atoms with Gasteiger partial charge in [0.05, 0.1) is 21.0 Å². The summed E-state index contributed by atoms with van der Waals surface area (Å²) in [5.41, 5.74) is 5.68. The quantitative estimate of drug-likeness (QED) is 0.347. The molecule has 1 aromatic rings. The normalized spacial score (nSPS) is 26.8. The first-order valence-electron chi connectivity index (χ1n) is 7.26. The molecule has 0 amide bonds. The average Bonchev–Trinajstić information content (AvgIpc) is 2.95. The van der Waals surface area contributed by atoms with E-state index >= 15 is 0 Å². The number of aliphatic hydroxyl groups is 2. The zero-order chi connectivity index (χ0) is 18.9. The number of ether oxygens (including phenoxy) is 2. The molecule has 13 heteroatoms. The fourth-order valence-corrected chi connectivity index (χ4v) is 2.81. The molecule has 0 spiro atoms. The molecule has 2 rings (SSSR count). The summed E-state index contributed by atoms with van der Waals surface area (Å²) >= 11 is 0. The molecule has 4 N–H and O–H groups in total. The van der Waals surface area contributed by atoms with Crippen LogP contribution < -0.4 is 15.5 Å². The van der Waals surface area contributed by atoms with Crippen molar-refractivity contribution >= 4 is 19.6 Å². The van der Waals surface area contributed by atoms with Crippen molar-refractivity contribution in [1.29, 1.82) is 0 Å². The van der Waals surface area contributed by atoms with Gasteiger partial charge in [0.25, 0.3) is 0 Å². The van der Waals surface area contributed by atoms with E-state index in [1.165, 1.54) is 6.92 Å². The first-order valence-corrected chi connectivity index (χ1v) is 8.72. The first kappa shape index (κ1) is 19.8. The van der Waals surface area contributed by atoms with E-state index in [1.807, 2.05) is 0 Å². The van der Waals surface area contributed by atoms with Crippen molar-refractivity contribution in [2.75, 3.05) is 18.9 Å². The Kier molecular flexibility index (Phi) is 5.84. The number of nitrogen functional groups attached to an aromatic ring is 1. The fraction of sp³-hybridized carbons (Fsp3) is 0.667. The van der Waals surface area contributed by atoms with Gasteiger partial charge in [0.15, 0.2) is 11.9 Å². The molecule has 1 aromatic heterocycles. The van der Waals surface area contributed by atoms with E-state index in [1.54, 1.807) is 6.92 Å². The second kappa shape index (κ2) is 7.38. The number of nitrogens with zero attached hydrogens (tertiary/aromatic N) is 2. The molecule has 142 valence electrons. The van der Waals surface area contributed by atoms with E-state index < -0.39 is 44.9 Å². The number of hydrogen-bond donors (Lipinski definition) is 3. The van der Waals surface area contributed by atoms with Gasteiger partial charge in [0.1, 0.15) is 30.0 Å². The van der Waals surface area contributed by atoms with Crippen LogP contribution in [0.5, 0.6) is 0 Å². The van der Waals surface area contributed by atoms with Crippen LogP contribution in [0.4, 0.5) is 5.82 Å². The predicted octanol–water partition coefficient (Wildman–Crippen LogP) is -2.59. The monoisotopic (exact) mass is 379 g/mol. The van der Waals surface area contributed by atoms with Gasteiger partial charge in [0, 0.05) is 0 Å². The van der Waals surface area contributed by atoms with Crippen molar-refractivity contribution in [1.82, 2.24) is 9.55 Å². The maximum absolute atomic E-state index is 11.8. The molecule has 0 radical (unpaired) electrons. The highest BCUT2D eigenvalue weighted by Crippen LogP contribution is 2.35. The molecule has 1 aliphatic heterocycles. The van der Waals surface area contributed by atoms with Crippen LogP contribution in [0.3, 0.4) is 0 Å². The summed E-state index contributed by atoms with van der Waals surface area (Å²) in [4.78, 5) is 36.9. The Morgan fingerprint density at radius 1 is 1.44 bits per heavy atom. The van der Waals surface area contributed by atoms with Crippen molar-refractivity contribution in [2.45, 2.75) is 38.4 Å². The highest BCUT2D eigenvalue weighted by molar-refractivity contribution is 7.43. The number of imidazole rings is 1. The van der Waals surface area contributed by atoms with Crippen LogP contribution >= 0.6 is 7.82 Å². The summed E-state index contributed by atoms with van der Waals surface area (Å²) in [5, 5.41) is 20.1. The SMILES string of the molecule is CCOC(=O)c1nc(C)n([C@@H]2O[C@H](COP(=O)([O-])[O-])[C@@H](O)[C@H]2O)c1N. The number of carbonyl (C=O) groups excluding carboxylic acids is 1. The van der Waals surface area contributed by atoms with Crippen molar-refractivity contribution in [2.24, 2.45) is 0 Å². The van der Waals surface area contributed by atoms with Gasteiger partial charge < -0.3 is 44.3 Å². The molecule has 1 fully saturated rings. The average molecular weight is 379 g/mol. The van der Waals surface area contributed by atoms with Gasteiger partial charge in [-0.25, -0.2) is 9.78 Å². The Labute approximate surface area is 142 Å². The Morgan fingerprint density at radius 3 is 2.64 bits per heavy atom. The number of carbonyl (C=O) groups is 1. The number of aromatic nitrogens is 2. The predicted molar refractivity (Wildman–Crippen MR) is 76.8 cm³/mol. The molecular formula is C12H18N3O9P-2. The highest BCUT2D eigenvalue weighted by atomic mass is 31.2. The van der Waals surface area contributed by atoms with Gasteiger partial charge in [-0.1, -0.05) is 0 Å². The largest absolute Gasteiger partial charge is 0.790 e. The lowest BCUT2D eigenvalue weighted by atomic mass is 10.1. The molecule has 1 saturated heterocycles. The summed E-state index contributed by atoms with van der Waals surface area (Å²) in [6.45, 7) is 2.41. The van der Waals surface area contributed by atoms with E-state index in [0.29, 0.717) is 0 Å². The minimum atomic E-state index is -5.27. The van der Waals surface area contributed by atoms with Crippen molar-refractivity contribution in [3.8, 4) is 0 Å². The highest BCUT2D eigenvalue weighted by Gasteiger charge is 2.45. The summed E-state index contributed by atoms with van der Waals surface area (Å²) in [5.74, 6) is -0.739. The number of anilines is 1. The summed E-state index contributed by atoms with van der Waals surface area (Å²) in [6, 6.07) is 0. The number of hydrogen-bond acceptors (Lipinski definition) is 11. The fourth-order valence-electron chi connectivity index (χ4n) is 2.48. The lowest BCUT2D eigenvalue weighted by molar-refractivity contribution is -0.343. The number of phosphoric acid groups is 1. The molecule has 2 heterocycles. The Bertz CT molecular complexity index is 688. The molecular weight excluding hydrogens is 361 g/mol. The number of phosphoric ester groups is 1. The second-order valence-electron chi connectivity index (χ2n) is 5.27. The van der Waals surface area contributed by atoms with Crippen LogP contribution in [-0.2, 0) is 18.6 Å². The van der Waals surface area contributed by atoms with Crippen molar-refractivity contribution < 1.29 is 43.4 Å². The number of aryl methyl sites for hydroxylation is 1. The van der Waals surface area contributed by atoms with Crippen LogP contribution in [-0.4, -0.2) is 57.3 Å². The third kappa shape index (κ3) is 4.18. The number of esters is 1. The molecule has 4 atom stereocenters. The molecule has 0 aliphatic carbocycles. The van der Waals surface area contributed by atoms with E-state index in [4.69, 9.17) is 15.2 Å². The van der Waals surface area contributed by atoms with Crippen molar-refractivity contribution in [3.63, 3.8) is 0 Å². The Morgan fingerprint density at radius 2 is 2.08 bits per heavy atom. The molecule has 0 saturated carbocycles. The maximum Gasteiger partial charge on any atom is 0.360 e. The van der Waals surface area contributed by atoms with Crippen LogP contribution in [0.1, 0.15) is 29.5 Å². The van der Waals surface area contributed by atoms with Crippen LogP contribution in [0.15, 0.2) is 0 Å². The van der Waals surface area contributed by atoms with Gasteiger partial charge in [-0.2, -0.15) is 0 Å². The third-order valence-corrected chi connectivity index (χ3v) is 4.05. The summed E-state index contributed by atoms with van der Waals surface area (Å²) in [7, 11) is -5.27. The standard InChI is InChI=1S/C12H20N3O9P/c1-3-22-12(18)7-10(13)15(5(2)14-7)11-9(17)8(16)6(24-11)4-23-25(19,20)21/h6,8-9,11,16-17H,3-4,13H2,1-2H3,(H2,19,20,21)/p-2/t6-,8-,9-,11-/m1/s1. The van der Waals surface area contributed by atoms with Crippen LogP contribution in [0.25, 0.3) is 0 Å². The van der Waals surface area contributed by atoms with E-state index in [-0.39, 0.29) is 23.9 Å². The number of rotatable bonds is 6. The second-order valence-corrected chi connectivity index (χ2v) is 6.43. The Balaban J connectivity index is 2.24. The zero-order valence-electron chi connectivity index (χ0n) is 13.4. The van der Waals surface area contributed by atoms with Gasteiger partial charge in [-0.05, 0) is 13.8 Å². The number of aliphatic hydroxyl groups excluding tert-OH is 2. The van der Waals surface area contributed by atoms with E-state index in [2.05, 4.69) is 9.51 Å². The lowest BCUT2D eigenvalue weighted by Gasteiger charge is -2.30. The van der Waals surface area contributed by atoms with E-state index in [9.17, 15) is 29.4 Å². The molecule has 0 aromatic carbocycles. The number of nitrogens with two attached hydrogens (primary N) is 1. The van der Waals surface area contributed by atoms with Gasteiger partial charge in [0.2, 0.25) is 0 Å².